The Balaban J connectivity index is 2.20. The molecule has 0 aromatic heterocycles. The maximum Gasteiger partial charge on any atom is 0.511 e. The lowest BCUT2D eigenvalue weighted by atomic mass is 9.67. The van der Waals surface area contributed by atoms with E-state index in [0.29, 0.717) is 15.6 Å². The molecule has 0 saturated carbocycles. The van der Waals surface area contributed by atoms with Crippen LogP contribution in [0, 0.1) is 5.41 Å². The topological polar surface area (TPSA) is 92.8 Å². The molecule has 2 aromatic carbocycles. The molecule has 1 N–H and O–H groups in total. The molecule has 1 unspecified atom stereocenters. The van der Waals surface area contributed by atoms with Crippen LogP contribution in [0.25, 0.3) is 0 Å². The molecule has 1 aliphatic rings. The van der Waals surface area contributed by atoms with E-state index in [1.807, 2.05) is 6.07 Å². The molecule has 0 spiro atoms. The van der Waals surface area contributed by atoms with Gasteiger partial charge in [-0.15, -0.1) is 0 Å². The summed E-state index contributed by atoms with van der Waals surface area (Å²) in [6.07, 6.45) is 0.0243. The van der Waals surface area contributed by atoms with Gasteiger partial charge in [0, 0.05) is 28.5 Å². The quantitative estimate of drug-likeness (QED) is 0.361. The Labute approximate surface area is 235 Å². The number of benzene rings is 2. The first-order chi connectivity index (χ1) is 18.1. The zero-order valence-corrected chi connectivity index (χ0v) is 23.8. The number of esters is 1. The van der Waals surface area contributed by atoms with Crippen LogP contribution >= 0.6 is 23.2 Å². The summed E-state index contributed by atoms with van der Waals surface area (Å²) < 4.78 is 69.4. The van der Waals surface area contributed by atoms with Crippen molar-refractivity contribution in [3.05, 3.63) is 69.7 Å². The Hall–Kier alpha value is -2.34. The molecule has 1 heterocycles. The lowest BCUT2D eigenvalue weighted by Gasteiger charge is -2.52. The number of carbonyl (C=O) groups is 2. The molecular weight excluding hydrogens is 580 g/mol. The van der Waals surface area contributed by atoms with E-state index < -0.39 is 57.4 Å². The third kappa shape index (κ3) is 6.87. The monoisotopic (exact) mass is 608 g/mol. The fraction of sp³-hybridized carbons (Fsp3) is 0.462. The van der Waals surface area contributed by atoms with Crippen molar-refractivity contribution in [3.8, 4) is 0 Å². The minimum Gasteiger partial charge on any atom is -0.469 e. The third-order valence-electron chi connectivity index (χ3n) is 7.03. The van der Waals surface area contributed by atoms with Crippen LogP contribution in [-0.2, 0) is 24.3 Å². The molecule has 4 atom stereocenters. The molecule has 2 aromatic rings. The van der Waals surface area contributed by atoms with E-state index in [0.717, 1.165) is 5.56 Å². The fourth-order valence-corrected chi connectivity index (χ4v) is 5.97. The largest absolute Gasteiger partial charge is 0.511 e. The van der Waals surface area contributed by atoms with Gasteiger partial charge in [0.05, 0.1) is 25.0 Å². The second kappa shape index (κ2) is 12.0. The molecule has 1 amide bonds. The first-order valence-electron chi connectivity index (χ1n) is 12.1. The van der Waals surface area contributed by atoms with Crippen molar-refractivity contribution in [1.29, 1.82) is 0 Å². The van der Waals surface area contributed by atoms with Crippen molar-refractivity contribution >= 4 is 45.1 Å². The number of nitrogens with zero attached hydrogens (tertiary/aromatic N) is 1. The first-order valence-corrected chi connectivity index (χ1v) is 14.3. The Bertz CT molecular complexity index is 1310. The summed E-state index contributed by atoms with van der Waals surface area (Å²) >= 11 is 12.4. The molecule has 3 rings (SSSR count). The average molecular weight is 609 g/mol. The highest BCUT2D eigenvalue weighted by molar-refractivity contribution is 7.90. The van der Waals surface area contributed by atoms with Gasteiger partial charge in [-0.1, -0.05) is 61.3 Å². The van der Waals surface area contributed by atoms with E-state index in [-0.39, 0.29) is 19.3 Å². The zero-order chi connectivity index (χ0) is 29.2. The summed E-state index contributed by atoms with van der Waals surface area (Å²) in [5.41, 5.74) is -5.45. The number of halogens is 5. The van der Waals surface area contributed by atoms with Crippen LogP contribution in [0.2, 0.25) is 10.0 Å². The second-order valence-electron chi connectivity index (χ2n) is 9.75. The van der Waals surface area contributed by atoms with Crippen molar-refractivity contribution in [2.24, 2.45) is 5.41 Å². The number of likely N-dealkylation sites (tertiary alicyclic amines) is 1. The van der Waals surface area contributed by atoms with Crippen molar-refractivity contribution < 1.29 is 35.9 Å². The van der Waals surface area contributed by atoms with E-state index in [9.17, 15) is 31.2 Å². The molecule has 1 fully saturated rings. The van der Waals surface area contributed by atoms with Crippen molar-refractivity contribution in [3.63, 3.8) is 0 Å². The van der Waals surface area contributed by atoms with Crippen LogP contribution in [0.5, 0.6) is 0 Å². The van der Waals surface area contributed by atoms with Crippen LogP contribution in [0.1, 0.15) is 56.2 Å². The molecule has 0 bridgehead atoms. The Morgan fingerprint density at radius 1 is 1.15 bits per heavy atom. The third-order valence-corrected chi connectivity index (χ3v) is 8.67. The number of rotatable bonds is 9. The van der Waals surface area contributed by atoms with Gasteiger partial charge in [0.2, 0.25) is 5.91 Å². The number of piperidine rings is 1. The normalized spacial score (nSPS) is 23.0. The van der Waals surface area contributed by atoms with Crippen LogP contribution in [0.4, 0.5) is 13.2 Å². The van der Waals surface area contributed by atoms with Crippen LogP contribution < -0.4 is 4.72 Å². The van der Waals surface area contributed by atoms with Crippen LogP contribution in [0.15, 0.2) is 48.5 Å². The highest BCUT2D eigenvalue weighted by Crippen LogP contribution is 2.52. The summed E-state index contributed by atoms with van der Waals surface area (Å²) in [5, 5.41) is 0.873. The number of hydrogen-bond acceptors (Lipinski definition) is 5. The maximum absolute atomic E-state index is 14.2. The van der Waals surface area contributed by atoms with Crippen LogP contribution in [-0.4, -0.2) is 50.4 Å². The molecule has 0 radical (unpaired) electrons. The summed E-state index contributed by atoms with van der Waals surface area (Å²) in [5.74, 6) is -1.61. The predicted octanol–water partition coefficient (Wildman–Crippen LogP) is 5.84. The van der Waals surface area contributed by atoms with E-state index in [1.165, 1.54) is 12.0 Å². The number of ether oxygens (including phenoxy) is 1. The van der Waals surface area contributed by atoms with Gasteiger partial charge in [-0.25, -0.2) is 13.1 Å². The zero-order valence-electron chi connectivity index (χ0n) is 21.5. The number of sulfonamides is 1. The van der Waals surface area contributed by atoms with Crippen molar-refractivity contribution in [2.75, 3.05) is 13.7 Å². The fourth-order valence-electron chi connectivity index (χ4n) is 5.06. The van der Waals surface area contributed by atoms with Crippen molar-refractivity contribution in [2.45, 2.75) is 56.6 Å². The highest BCUT2D eigenvalue weighted by atomic mass is 35.5. The van der Waals surface area contributed by atoms with Gasteiger partial charge < -0.3 is 9.64 Å². The summed E-state index contributed by atoms with van der Waals surface area (Å²) in [7, 11) is -4.47. The van der Waals surface area contributed by atoms with Gasteiger partial charge in [-0.3, -0.25) is 9.59 Å². The predicted molar refractivity (Wildman–Crippen MR) is 142 cm³/mol. The number of nitrogens with one attached hydrogen (secondary N) is 1. The number of methoxy groups -OCH3 is 1. The standard InChI is InChI=1S/C26H29Cl2F3N2O5S/c1-4-20(15-32-39(36,37)26(29,30)31)33-23(16-8-10-18(27)11-9-16)21(17-6-5-7-19(28)12-17)13-25(2,24(33)35)14-22(34)38-3/h5-12,20-21,23,32H,4,13-15H2,1-3H3/t20?,21-,23-,25-/m1/s1. The molecule has 7 nitrogen and oxygen atoms in total. The Kier molecular flexibility index (Phi) is 9.63. The lowest BCUT2D eigenvalue weighted by Crippen LogP contribution is -2.58. The van der Waals surface area contributed by atoms with E-state index in [4.69, 9.17) is 27.9 Å². The molecule has 0 aliphatic carbocycles. The number of amides is 1. The second-order valence-corrected chi connectivity index (χ2v) is 12.4. The minimum absolute atomic E-state index is 0.118. The Morgan fingerprint density at radius 2 is 1.79 bits per heavy atom. The first kappa shape index (κ1) is 31.2. The molecule has 1 saturated heterocycles. The maximum atomic E-state index is 14.2. The number of alkyl halides is 3. The van der Waals surface area contributed by atoms with Crippen molar-refractivity contribution in [1.82, 2.24) is 9.62 Å². The van der Waals surface area contributed by atoms with Gasteiger partial charge in [0.1, 0.15) is 0 Å². The van der Waals surface area contributed by atoms with Gasteiger partial charge >= 0.3 is 21.5 Å². The summed E-state index contributed by atoms with van der Waals surface area (Å²) in [6, 6.07) is 11.9. The SMILES string of the molecule is CCC(CNS(=O)(=O)C(F)(F)F)N1C(=O)[C@@](C)(CC(=O)OC)C[C@H](c2cccc(Cl)c2)[C@H]1c1ccc(Cl)cc1. The van der Waals surface area contributed by atoms with Gasteiger partial charge in [0.25, 0.3) is 0 Å². The minimum atomic E-state index is -5.67. The van der Waals surface area contributed by atoms with E-state index in [1.54, 1.807) is 61.0 Å². The van der Waals surface area contributed by atoms with Crippen LogP contribution in [0.3, 0.4) is 0 Å². The number of carbonyl (C=O) groups excluding carboxylic acids is 2. The van der Waals surface area contributed by atoms with Gasteiger partial charge in [-0.05, 0) is 48.2 Å². The highest BCUT2D eigenvalue weighted by Gasteiger charge is 2.53. The molecule has 39 heavy (non-hydrogen) atoms. The lowest BCUT2D eigenvalue weighted by molar-refractivity contribution is -0.161. The van der Waals surface area contributed by atoms with E-state index in [2.05, 4.69) is 0 Å². The summed E-state index contributed by atoms with van der Waals surface area (Å²) in [6.45, 7) is 2.55. The summed E-state index contributed by atoms with van der Waals surface area (Å²) in [4.78, 5) is 28.0. The molecular formula is C26H29Cl2F3N2O5S. The Morgan fingerprint density at radius 3 is 2.33 bits per heavy atom. The number of hydrogen-bond donors (Lipinski definition) is 1. The van der Waals surface area contributed by atoms with E-state index >= 15 is 0 Å². The van der Waals surface area contributed by atoms with Gasteiger partial charge in [-0.2, -0.15) is 13.2 Å². The average Bonchev–Trinajstić information content (AvgIpc) is 2.86. The molecule has 214 valence electrons. The smallest absolute Gasteiger partial charge is 0.469 e. The molecule has 1 aliphatic heterocycles. The van der Waals surface area contributed by atoms with Gasteiger partial charge in [0.15, 0.2) is 0 Å². The molecule has 13 heteroatoms.